The Morgan fingerprint density at radius 2 is 1.90 bits per heavy atom. The molecule has 1 aromatic rings. The van der Waals surface area contributed by atoms with Gasteiger partial charge in [-0.1, -0.05) is 19.3 Å². The van der Waals surface area contributed by atoms with Crippen LogP contribution in [0.25, 0.3) is 0 Å². The lowest BCUT2D eigenvalue weighted by molar-refractivity contribution is -0.679. The van der Waals surface area contributed by atoms with Crippen molar-refractivity contribution in [2.75, 3.05) is 0 Å². The van der Waals surface area contributed by atoms with E-state index >= 15 is 0 Å². The molecule has 1 heterocycles. The second kappa shape index (κ2) is 4.10. The highest BCUT2D eigenvalue weighted by atomic mass is 14.9. The van der Waals surface area contributed by atoms with Crippen LogP contribution in [-0.2, 0) is 6.44 Å². The Labute approximate surface area is 62.9 Å². The summed E-state index contributed by atoms with van der Waals surface area (Å²) in [5.74, 6) is 0. The molecule has 0 bridgehead atoms. The Kier molecular flexibility index (Phi) is 3.00. The fraction of sp³-hybridized carbons (Fsp3) is 0.375. The van der Waals surface area contributed by atoms with Gasteiger partial charge in [0.15, 0.2) is 12.4 Å². The predicted octanol–water partition coefficient (Wildman–Crippen LogP) is 1.07. The molecule has 1 rings (SSSR count). The highest BCUT2D eigenvalue weighted by Gasteiger charge is 1.95. The SMILES string of the molecule is CC[B]C[n+]1ccccc1. The number of nitrogens with zero attached hydrogens (tertiary/aromatic N) is 1. The van der Waals surface area contributed by atoms with Gasteiger partial charge < -0.3 is 0 Å². The lowest BCUT2D eigenvalue weighted by atomic mass is 9.75. The van der Waals surface area contributed by atoms with Crippen LogP contribution >= 0.6 is 0 Å². The van der Waals surface area contributed by atoms with Crippen LogP contribution in [0.3, 0.4) is 0 Å². The molecule has 0 fully saturated rings. The quantitative estimate of drug-likeness (QED) is 0.429. The number of hydrogen-bond acceptors (Lipinski definition) is 0. The van der Waals surface area contributed by atoms with Crippen LogP contribution in [0.1, 0.15) is 6.92 Å². The van der Waals surface area contributed by atoms with Gasteiger partial charge in [-0.2, -0.15) is 0 Å². The molecule has 1 radical (unpaired) electrons. The van der Waals surface area contributed by atoms with Gasteiger partial charge in [0.1, 0.15) is 6.44 Å². The molecule has 10 heavy (non-hydrogen) atoms. The van der Waals surface area contributed by atoms with E-state index in [1.54, 1.807) is 0 Å². The van der Waals surface area contributed by atoms with Crippen LogP contribution in [-0.4, -0.2) is 7.28 Å². The van der Waals surface area contributed by atoms with Crippen molar-refractivity contribution in [3.8, 4) is 0 Å². The molecule has 0 aromatic carbocycles. The molecular formula is C8H12BN+. The van der Waals surface area contributed by atoms with Gasteiger partial charge >= 0.3 is 0 Å². The highest BCUT2D eigenvalue weighted by Crippen LogP contribution is 1.77. The molecule has 0 atom stereocenters. The first-order valence-electron chi connectivity index (χ1n) is 3.69. The second-order valence-electron chi connectivity index (χ2n) is 2.27. The van der Waals surface area contributed by atoms with Crippen LogP contribution in [0.15, 0.2) is 30.6 Å². The molecule has 0 unspecified atom stereocenters. The smallest absolute Gasteiger partial charge is 0.200 e. The number of aromatic nitrogens is 1. The first-order valence-corrected chi connectivity index (χ1v) is 3.69. The summed E-state index contributed by atoms with van der Waals surface area (Å²) in [6.45, 7) is 2.16. The zero-order valence-corrected chi connectivity index (χ0v) is 6.33. The summed E-state index contributed by atoms with van der Waals surface area (Å²) in [5.41, 5.74) is 0. The van der Waals surface area contributed by atoms with Gasteiger partial charge in [-0.3, -0.25) is 0 Å². The van der Waals surface area contributed by atoms with E-state index in [1.165, 1.54) is 0 Å². The third-order valence-electron chi connectivity index (χ3n) is 1.41. The van der Waals surface area contributed by atoms with Gasteiger partial charge in [0.25, 0.3) is 0 Å². The van der Waals surface area contributed by atoms with Crippen molar-refractivity contribution in [2.24, 2.45) is 0 Å². The van der Waals surface area contributed by atoms with Crippen molar-refractivity contribution in [1.82, 2.24) is 0 Å². The van der Waals surface area contributed by atoms with Gasteiger partial charge in [0, 0.05) is 12.1 Å². The lowest BCUT2D eigenvalue weighted by Crippen LogP contribution is -2.35. The topological polar surface area (TPSA) is 3.88 Å². The average Bonchev–Trinajstić information content (AvgIpc) is 2.03. The van der Waals surface area contributed by atoms with Crippen LogP contribution in [0.4, 0.5) is 0 Å². The normalized spacial score (nSPS) is 9.30. The molecular weight excluding hydrogens is 121 g/mol. The molecule has 0 aliphatic rings. The van der Waals surface area contributed by atoms with Crippen molar-refractivity contribution >= 4 is 7.28 Å². The summed E-state index contributed by atoms with van der Waals surface area (Å²) in [7, 11) is 2.25. The van der Waals surface area contributed by atoms with Crippen molar-refractivity contribution in [3.63, 3.8) is 0 Å². The maximum Gasteiger partial charge on any atom is 0.200 e. The lowest BCUT2D eigenvalue weighted by Gasteiger charge is -1.90. The molecule has 1 nitrogen and oxygen atoms in total. The van der Waals surface area contributed by atoms with Crippen molar-refractivity contribution in [3.05, 3.63) is 30.6 Å². The minimum atomic E-state index is 1.03. The molecule has 0 saturated carbocycles. The van der Waals surface area contributed by atoms with E-state index in [1.807, 2.05) is 18.2 Å². The molecule has 0 spiro atoms. The largest absolute Gasteiger partial charge is 0.214 e. The molecule has 1 aromatic heterocycles. The molecule has 0 amide bonds. The van der Waals surface area contributed by atoms with E-state index in [9.17, 15) is 0 Å². The monoisotopic (exact) mass is 133 g/mol. The van der Waals surface area contributed by atoms with Crippen LogP contribution in [0.2, 0.25) is 6.32 Å². The summed E-state index contributed by atoms with van der Waals surface area (Å²) in [6, 6.07) is 6.12. The Hall–Kier alpha value is -0.785. The first kappa shape index (κ1) is 7.32. The summed E-state index contributed by atoms with van der Waals surface area (Å²) in [4.78, 5) is 0. The molecule has 0 aliphatic carbocycles. The Balaban J connectivity index is 2.43. The third-order valence-corrected chi connectivity index (χ3v) is 1.41. The minimum absolute atomic E-state index is 1.03. The Bertz CT molecular complexity index is 174. The zero-order chi connectivity index (χ0) is 7.23. The third kappa shape index (κ3) is 2.22. The van der Waals surface area contributed by atoms with Gasteiger partial charge in [0.05, 0.1) is 0 Å². The summed E-state index contributed by atoms with van der Waals surface area (Å²) in [6.07, 6.45) is 6.32. The molecule has 51 valence electrons. The van der Waals surface area contributed by atoms with Gasteiger partial charge in [-0.05, 0) is 0 Å². The number of hydrogen-bond donors (Lipinski definition) is 0. The summed E-state index contributed by atoms with van der Waals surface area (Å²) in [5, 5.41) is 0. The number of pyridine rings is 1. The van der Waals surface area contributed by atoms with Crippen LogP contribution in [0.5, 0.6) is 0 Å². The fourth-order valence-electron chi connectivity index (χ4n) is 0.834. The fourth-order valence-corrected chi connectivity index (χ4v) is 0.834. The Morgan fingerprint density at radius 3 is 2.50 bits per heavy atom. The van der Waals surface area contributed by atoms with Crippen molar-refractivity contribution in [1.29, 1.82) is 0 Å². The zero-order valence-electron chi connectivity index (χ0n) is 6.33. The second-order valence-corrected chi connectivity index (χ2v) is 2.27. The Morgan fingerprint density at radius 1 is 1.20 bits per heavy atom. The van der Waals surface area contributed by atoms with Crippen LogP contribution < -0.4 is 4.57 Å². The van der Waals surface area contributed by atoms with E-state index in [4.69, 9.17) is 0 Å². The van der Waals surface area contributed by atoms with E-state index in [0.717, 1.165) is 12.8 Å². The molecule has 0 N–H and O–H groups in total. The maximum absolute atomic E-state index is 2.25. The van der Waals surface area contributed by atoms with E-state index < -0.39 is 0 Å². The molecule has 2 heteroatoms. The van der Waals surface area contributed by atoms with E-state index in [0.29, 0.717) is 0 Å². The van der Waals surface area contributed by atoms with E-state index in [-0.39, 0.29) is 0 Å². The summed E-state index contributed by atoms with van der Waals surface area (Å²) >= 11 is 0. The first-order chi connectivity index (χ1) is 4.93. The van der Waals surface area contributed by atoms with Crippen LogP contribution in [0, 0.1) is 0 Å². The van der Waals surface area contributed by atoms with Crippen molar-refractivity contribution < 1.29 is 4.57 Å². The highest BCUT2D eigenvalue weighted by molar-refractivity contribution is 6.32. The van der Waals surface area contributed by atoms with Gasteiger partial charge in [-0.25, -0.2) is 4.57 Å². The van der Waals surface area contributed by atoms with Gasteiger partial charge in [-0.15, -0.1) is 0 Å². The maximum atomic E-state index is 2.25. The molecule has 0 saturated heterocycles. The average molecular weight is 133 g/mol. The summed E-state index contributed by atoms with van der Waals surface area (Å²) < 4.78 is 2.16. The van der Waals surface area contributed by atoms with Gasteiger partial charge in [0.2, 0.25) is 7.28 Å². The molecule has 0 aliphatic heterocycles. The van der Waals surface area contributed by atoms with Crippen molar-refractivity contribution in [2.45, 2.75) is 19.7 Å². The van der Waals surface area contributed by atoms with E-state index in [2.05, 4.69) is 31.2 Å². The number of rotatable bonds is 3. The predicted molar refractivity (Wildman–Crippen MR) is 42.9 cm³/mol. The minimum Gasteiger partial charge on any atom is -0.214 e. The standard InChI is InChI=1S/C8H12BN/c1-2-9-8-10-6-4-3-5-7-10/h3-7H,2,8H2,1H3/q+1.